The number of halogens is 2. The maximum absolute atomic E-state index is 13.2. The lowest BCUT2D eigenvalue weighted by atomic mass is 9.99. The van der Waals surface area contributed by atoms with Crippen molar-refractivity contribution in [3.05, 3.63) is 76.3 Å². The molecule has 24 heavy (non-hydrogen) atoms. The Morgan fingerprint density at radius 2 is 1.88 bits per heavy atom. The number of carbonyl (C=O) groups is 1. The quantitative estimate of drug-likeness (QED) is 0.337. The first-order valence-corrected chi connectivity index (χ1v) is 7.48. The van der Waals surface area contributed by atoms with E-state index in [1.807, 2.05) is 24.3 Å². The van der Waals surface area contributed by atoms with Crippen LogP contribution in [0.25, 0.3) is 17.7 Å². The second-order valence-corrected chi connectivity index (χ2v) is 5.26. The van der Waals surface area contributed by atoms with Crippen molar-refractivity contribution in [1.29, 1.82) is 0 Å². The molecule has 0 spiro atoms. The molecule has 3 nitrogen and oxygen atoms in total. The Hall–Kier alpha value is -2.59. The maximum Gasteiger partial charge on any atom is 0.341 e. The molecule has 0 saturated heterocycles. The predicted molar refractivity (Wildman–Crippen MR) is 93.8 cm³/mol. The van der Waals surface area contributed by atoms with E-state index in [-0.39, 0.29) is 5.02 Å². The summed E-state index contributed by atoms with van der Waals surface area (Å²) in [6, 6.07) is 11.8. The van der Waals surface area contributed by atoms with Gasteiger partial charge < -0.3 is 9.47 Å². The van der Waals surface area contributed by atoms with Crippen LogP contribution >= 0.6 is 11.6 Å². The number of esters is 1. The fourth-order valence-corrected chi connectivity index (χ4v) is 2.33. The molecule has 0 saturated carbocycles. The van der Waals surface area contributed by atoms with E-state index >= 15 is 0 Å². The third kappa shape index (κ3) is 4.24. The molecule has 0 amide bonds. The number of ether oxygens (including phenoxy) is 2. The highest BCUT2D eigenvalue weighted by Gasteiger charge is 2.15. The molecule has 0 aliphatic carbocycles. The zero-order valence-electron chi connectivity index (χ0n) is 13.3. The Bertz CT molecular complexity index is 797. The van der Waals surface area contributed by atoms with Gasteiger partial charge in [0.05, 0.1) is 25.5 Å². The van der Waals surface area contributed by atoms with Gasteiger partial charge >= 0.3 is 5.97 Å². The molecule has 0 aliphatic heterocycles. The van der Waals surface area contributed by atoms with E-state index in [2.05, 4.69) is 0 Å². The monoisotopic (exact) mass is 346 g/mol. The third-order valence-electron chi connectivity index (χ3n) is 3.29. The van der Waals surface area contributed by atoms with Gasteiger partial charge in [-0.2, -0.15) is 0 Å². The zero-order valence-corrected chi connectivity index (χ0v) is 14.0. The topological polar surface area (TPSA) is 35.5 Å². The second kappa shape index (κ2) is 8.31. The molecular weight excluding hydrogens is 331 g/mol. The van der Waals surface area contributed by atoms with Crippen molar-refractivity contribution in [3.63, 3.8) is 0 Å². The highest BCUT2D eigenvalue weighted by atomic mass is 35.5. The second-order valence-electron chi connectivity index (χ2n) is 4.85. The van der Waals surface area contributed by atoms with Crippen LogP contribution in [-0.4, -0.2) is 20.2 Å². The minimum Gasteiger partial charge on any atom is -0.503 e. The van der Waals surface area contributed by atoms with Crippen LogP contribution < -0.4 is 0 Å². The summed E-state index contributed by atoms with van der Waals surface area (Å²) < 4.78 is 23.0. The summed E-state index contributed by atoms with van der Waals surface area (Å²) in [5.74, 6) is -0.965. The normalized spacial score (nSPS) is 11.6. The largest absolute Gasteiger partial charge is 0.503 e. The lowest BCUT2D eigenvalue weighted by molar-refractivity contribution is -0.133. The molecule has 0 N–H and O–H groups in total. The van der Waals surface area contributed by atoms with Gasteiger partial charge in [0.25, 0.3) is 0 Å². The number of carbonyl (C=O) groups excluding carboxylic acids is 1. The van der Waals surface area contributed by atoms with Gasteiger partial charge in [-0.25, -0.2) is 9.18 Å². The van der Waals surface area contributed by atoms with Gasteiger partial charge in [0.15, 0.2) is 0 Å². The zero-order chi connectivity index (χ0) is 17.5. The summed E-state index contributed by atoms with van der Waals surface area (Å²) in [5.41, 5.74) is 2.49. The molecule has 124 valence electrons. The van der Waals surface area contributed by atoms with Gasteiger partial charge in [0, 0.05) is 0 Å². The molecule has 2 aromatic carbocycles. The minimum atomic E-state index is -0.498. The minimum absolute atomic E-state index is 0.0555. The van der Waals surface area contributed by atoms with Crippen molar-refractivity contribution in [3.8, 4) is 0 Å². The molecule has 0 radical (unpaired) electrons. The van der Waals surface area contributed by atoms with Crippen LogP contribution in [0.4, 0.5) is 4.39 Å². The Labute approximate surface area is 145 Å². The Balaban J connectivity index is 2.41. The Kier molecular flexibility index (Phi) is 6.15. The average Bonchev–Trinajstić information content (AvgIpc) is 2.60. The van der Waals surface area contributed by atoms with E-state index in [9.17, 15) is 9.18 Å². The third-order valence-corrected chi connectivity index (χ3v) is 3.58. The number of hydrogen-bond donors (Lipinski definition) is 0. The van der Waals surface area contributed by atoms with Gasteiger partial charge in [-0.15, -0.1) is 0 Å². The molecule has 0 bridgehead atoms. The maximum atomic E-state index is 13.2. The van der Waals surface area contributed by atoms with Gasteiger partial charge in [0.1, 0.15) is 11.4 Å². The molecular formula is C19H16ClFO3. The van der Waals surface area contributed by atoms with Gasteiger partial charge in [0.2, 0.25) is 0 Å². The molecule has 5 heteroatoms. The molecule has 0 aliphatic rings. The van der Waals surface area contributed by atoms with Gasteiger partial charge in [-0.3, -0.25) is 0 Å². The summed E-state index contributed by atoms with van der Waals surface area (Å²) in [7, 11) is 2.77. The number of rotatable bonds is 5. The Morgan fingerprint density at radius 3 is 2.54 bits per heavy atom. The molecule has 0 aromatic heterocycles. The van der Waals surface area contributed by atoms with Crippen molar-refractivity contribution in [2.75, 3.05) is 14.2 Å². The van der Waals surface area contributed by atoms with Crippen molar-refractivity contribution >= 4 is 35.3 Å². The molecule has 0 unspecified atom stereocenters. The summed E-state index contributed by atoms with van der Waals surface area (Å²) in [5, 5.41) is 0.0555. The highest BCUT2D eigenvalue weighted by Crippen LogP contribution is 2.23. The molecule has 0 fully saturated rings. The Morgan fingerprint density at radius 1 is 1.12 bits per heavy atom. The van der Waals surface area contributed by atoms with E-state index in [0.29, 0.717) is 11.1 Å². The highest BCUT2D eigenvalue weighted by molar-refractivity contribution is 6.30. The molecule has 0 heterocycles. The van der Waals surface area contributed by atoms with Crippen LogP contribution in [0.1, 0.15) is 16.7 Å². The van der Waals surface area contributed by atoms with Crippen LogP contribution in [0, 0.1) is 5.82 Å². The fraction of sp³-hybridized carbons (Fsp3) is 0.105. The van der Waals surface area contributed by atoms with Crippen molar-refractivity contribution in [2.24, 2.45) is 0 Å². The van der Waals surface area contributed by atoms with Crippen LogP contribution in [0.3, 0.4) is 0 Å². The fourth-order valence-electron chi connectivity index (χ4n) is 2.14. The van der Waals surface area contributed by atoms with Crippen molar-refractivity contribution < 1.29 is 18.7 Å². The molecule has 0 atom stereocenters. The van der Waals surface area contributed by atoms with Gasteiger partial charge in [-0.1, -0.05) is 54.1 Å². The summed E-state index contributed by atoms with van der Waals surface area (Å²) >= 11 is 5.78. The summed E-state index contributed by atoms with van der Waals surface area (Å²) in [6.07, 6.45) is 4.93. The lowest BCUT2D eigenvalue weighted by Gasteiger charge is -2.09. The van der Waals surface area contributed by atoms with Gasteiger partial charge in [-0.05, 0) is 28.8 Å². The van der Waals surface area contributed by atoms with Crippen LogP contribution in [0.2, 0.25) is 5.02 Å². The van der Waals surface area contributed by atoms with Crippen molar-refractivity contribution in [1.82, 2.24) is 0 Å². The summed E-state index contributed by atoms with van der Waals surface area (Å²) in [6.45, 7) is 0. The first kappa shape index (κ1) is 17.8. The molecule has 2 rings (SSSR count). The number of methoxy groups -OCH3 is 2. The predicted octanol–water partition coefficient (Wildman–Crippen LogP) is 4.81. The van der Waals surface area contributed by atoms with E-state index in [1.165, 1.54) is 32.6 Å². The van der Waals surface area contributed by atoms with E-state index in [1.54, 1.807) is 18.2 Å². The number of hydrogen-bond acceptors (Lipinski definition) is 3. The van der Waals surface area contributed by atoms with E-state index in [4.69, 9.17) is 21.1 Å². The first-order valence-electron chi connectivity index (χ1n) is 7.10. The average molecular weight is 347 g/mol. The smallest absolute Gasteiger partial charge is 0.341 e. The standard InChI is InChI=1S/C19H16ClFO3/c1-23-12-16(19(22)24-2)15-6-4-3-5-14(15)9-7-13-8-10-18(21)17(20)11-13/h3-12H,1-2H3/b9-7+,16-12-. The summed E-state index contributed by atoms with van der Waals surface area (Å²) in [4.78, 5) is 12.0. The van der Waals surface area contributed by atoms with Crippen LogP contribution in [0.15, 0.2) is 48.7 Å². The van der Waals surface area contributed by atoms with E-state index in [0.717, 1.165) is 11.1 Å². The van der Waals surface area contributed by atoms with Crippen LogP contribution in [-0.2, 0) is 14.3 Å². The number of benzene rings is 2. The van der Waals surface area contributed by atoms with Crippen LogP contribution in [0.5, 0.6) is 0 Å². The van der Waals surface area contributed by atoms with Crippen molar-refractivity contribution in [2.45, 2.75) is 0 Å². The lowest BCUT2D eigenvalue weighted by Crippen LogP contribution is -2.05. The van der Waals surface area contributed by atoms with E-state index < -0.39 is 11.8 Å². The molecule has 2 aromatic rings. The SMILES string of the molecule is CO/C=C(\C(=O)OC)c1ccccc1/C=C/c1ccc(F)c(Cl)c1. The first-order chi connectivity index (χ1) is 11.6.